The second kappa shape index (κ2) is 9.65. The van der Waals surface area contributed by atoms with Gasteiger partial charge in [-0.25, -0.2) is 13.4 Å². The molecule has 0 bridgehead atoms. The predicted molar refractivity (Wildman–Crippen MR) is 127 cm³/mol. The van der Waals surface area contributed by atoms with E-state index in [2.05, 4.69) is 16.0 Å². The molecular formula is C23H27ClN2O4S2. The maximum atomic E-state index is 12.0. The normalized spacial score (nSPS) is 17.4. The molecule has 3 aromatic rings. The number of ether oxygens (including phenoxy) is 1. The lowest BCUT2D eigenvalue weighted by Crippen LogP contribution is -2.19. The third-order valence-electron chi connectivity index (χ3n) is 5.92. The smallest absolute Gasteiger partial charge is 0.176 e. The van der Waals surface area contributed by atoms with Crippen LogP contribution in [0.4, 0.5) is 0 Å². The lowest BCUT2D eigenvalue weighted by Gasteiger charge is -2.27. The van der Waals surface area contributed by atoms with Gasteiger partial charge in [0.15, 0.2) is 9.84 Å². The molecule has 1 aliphatic heterocycles. The molecule has 2 unspecified atom stereocenters. The van der Waals surface area contributed by atoms with Gasteiger partial charge in [-0.15, -0.1) is 11.3 Å². The molecule has 1 fully saturated rings. The number of thiazole rings is 1. The number of H-pyrrole nitrogens is 1. The van der Waals surface area contributed by atoms with Gasteiger partial charge in [0.1, 0.15) is 5.01 Å². The first-order valence-electron chi connectivity index (χ1n) is 10.6. The molecule has 1 aliphatic rings. The molecule has 32 heavy (non-hydrogen) atoms. The van der Waals surface area contributed by atoms with E-state index >= 15 is 0 Å². The van der Waals surface area contributed by atoms with E-state index in [-0.39, 0.29) is 15.8 Å². The number of sulfone groups is 1. The molecule has 4 rings (SSSR count). The summed E-state index contributed by atoms with van der Waals surface area (Å²) in [6, 6.07) is 9.30. The lowest BCUT2D eigenvalue weighted by atomic mass is 9.83. The van der Waals surface area contributed by atoms with Crippen molar-refractivity contribution in [2.75, 3.05) is 19.5 Å². The zero-order chi connectivity index (χ0) is 22.9. The minimum Gasteiger partial charge on any atom is -0.388 e. The standard InChI is InChI=1S/C23H27ClN2O4S2/c1-14(27)21-13-25-23(31-21)20-5-4-19(26-20)17(11-15-7-9-30-10-8-15)16-3-6-22(18(24)12-16)32(2,28)29/h3-6,12-15,17,26-27H,7-11H2,1-2H3. The number of rotatable bonds is 7. The number of nitrogens with zero attached hydrogens (tertiary/aromatic N) is 1. The van der Waals surface area contributed by atoms with Crippen molar-refractivity contribution < 1.29 is 18.3 Å². The summed E-state index contributed by atoms with van der Waals surface area (Å²) < 4.78 is 29.5. The van der Waals surface area contributed by atoms with E-state index in [1.54, 1.807) is 25.3 Å². The minimum absolute atomic E-state index is 0.0363. The van der Waals surface area contributed by atoms with Gasteiger partial charge in [0, 0.05) is 37.3 Å². The van der Waals surface area contributed by atoms with Crippen molar-refractivity contribution in [2.24, 2.45) is 5.92 Å². The Morgan fingerprint density at radius 3 is 2.66 bits per heavy atom. The number of hydrogen-bond acceptors (Lipinski definition) is 6. The van der Waals surface area contributed by atoms with Crippen LogP contribution in [0, 0.1) is 5.92 Å². The van der Waals surface area contributed by atoms with Gasteiger partial charge >= 0.3 is 0 Å². The van der Waals surface area contributed by atoms with Crippen LogP contribution in [0.5, 0.6) is 0 Å². The fraction of sp³-hybridized carbons (Fsp3) is 0.435. The second-order valence-electron chi connectivity index (χ2n) is 8.38. The zero-order valence-electron chi connectivity index (χ0n) is 18.0. The molecule has 2 aromatic heterocycles. The highest BCUT2D eigenvalue weighted by Crippen LogP contribution is 2.38. The Hall–Kier alpha value is -1.71. The summed E-state index contributed by atoms with van der Waals surface area (Å²) >= 11 is 7.84. The van der Waals surface area contributed by atoms with E-state index in [4.69, 9.17) is 16.3 Å². The third kappa shape index (κ3) is 5.26. The molecule has 9 heteroatoms. The van der Waals surface area contributed by atoms with E-state index in [1.807, 2.05) is 12.1 Å². The molecule has 6 nitrogen and oxygen atoms in total. The zero-order valence-corrected chi connectivity index (χ0v) is 20.4. The molecule has 0 saturated carbocycles. The SMILES string of the molecule is CC(O)c1cnc(-c2ccc(C(CC3CCOCC3)c3ccc(S(C)(=O)=O)c(Cl)c3)[nH]2)s1. The lowest BCUT2D eigenvalue weighted by molar-refractivity contribution is 0.0626. The Bertz CT molecular complexity index is 1180. The molecule has 0 radical (unpaired) electrons. The predicted octanol–water partition coefficient (Wildman–Crippen LogP) is 5.20. The van der Waals surface area contributed by atoms with Gasteiger partial charge in [0.2, 0.25) is 0 Å². The fourth-order valence-electron chi connectivity index (χ4n) is 4.14. The third-order valence-corrected chi connectivity index (χ3v) is 8.70. The van der Waals surface area contributed by atoms with Gasteiger partial charge in [0.25, 0.3) is 0 Å². The number of aliphatic hydroxyl groups is 1. The second-order valence-corrected chi connectivity index (χ2v) is 11.8. The number of aliphatic hydroxyl groups excluding tert-OH is 1. The molecule has 172 valence electrons. The highest BCUT2D eigenvalue weighted by molar-refractivity contribution is 7.90. The first kappa shape index (κ1) is 23.4. The van der Waals surface area contributed by atoms with Crippen LogP contribution in [-0.2, 0) is 14.6 Å². The quantitative estimate of drug-likeness (QED) is 0.471. The van der Waals surface area contributed by atoms with Crippen LogP contribution in [0.15, 0.2) is 41.4 Å². The van der Waals surface area contributed by atoms with Crippen molar-refractivity contribution in [1.29, 1.82) is 0 Å². The Balaban J connectivity index is 1.68. The van der Waals surface area contributed by atoms with E-state index in [0.29, 0.717) is 5.92 Å². The van der Waals surface area contributed by atoms with Crippen LogP contribution >= 0.6 is 22.9 Å². The van der Waals surface area contributed by atoms with Crippen LogP contribution in [0.1, 0.15) is 54.3 Å². The van der Waals surface area contributed by atoms with Crippen molar-refractivity contribution in [3.63, 3.8) is 0 Å². The monoisotopic (exact) mass is 494 g/mol. The summed E-state index contributed by atoms with van der Waals surface area (Å²) in [7, 11) is -3.39. The Morgan fingerprint density at radius 2 is 2.03 bits per heavy atom. The number of hydrogen-bond donors (Lipinski definition) is 2. The maximum Gasteiger partial charge on any atom is 0.176 e. The van der Waals surface area contributed by atoms with Crippen molar-refractivity contribution >= 4 is 32.8 Å². The van der Waals surface area contributed by atoms with Gasteiger partial charge in [0.05, 0.1) is 26.6 Å². The number of nitrogens with one attached hydrogen (secondary N) is 1. The average Bonchev–Trinajstić information content (AvgIpc) is 3.41. The van der Waals surface area contributed by atoms with Gasteiger partial charge in [-0.05, 0) is 61.9 Å². The summed E-state index contributed by atoms with van der Waals surface area (Å²) in [5.74, 6) is 0.546. The number of benzene rings is 1. The highest BCUT2D eigenvalue weighted by Gasteiger charge is 2.25. The molecule has 1 aromatic carbocycles. The van der Waals surface area contributed by atoms with Gasteiger partial charge < -0.3 is 14.8 Å². The summed E-state index contributed by atoms with van der Waals surface area (Å²) in [5, 5.41) is 10.9. The molecule has 0 aliphatic carbocycles. The van der Waals surface area contributed by atoms with Crippen LogP contribution < -0.4 is 0 Å². The van der Waals surface area contributed by atoms with E-state index < -0.39 is 15.9 Å². The van der Waals surface area contributed by atoms with Crippen LogP contribution in [0.3, 0.4) is 0 Å². The first-order valence-corrected chi connectivity index (χ1v) is 13.7. The first-order chi connectivity index (χ1) is 15.2. The largest absolute Gasteiger partial charge is 0.388 e. The number of aromatic amines is 1. The van der Waals surface area contributed by atoms with Gasteiger partial charge in [-0.2, -0.15) is 0 Å². The van der Waals surface area contributed by atoms with Gasteiger partial charge in [-0.1, -0.05) is 17.7 Å². The number of halogens is 1. The van der Waals surface area contributed by atoms with Crippen LogP contribution in [-0.4, -0.2) is 43.0 Å². The molecule has 3 heterocycles. The van der Waals surface area contributed by atoms with Crippen LogP contribution in [0.25, 0.3) is 10.7 Å². The van der Waals surface area contributed by atoms with Crippen molar-refractivity contribution in [1.82, 2.24) is 9.97 Å². The number of aromatic nitrogens is 2. The van der Waals surface area contributed by atoms with Crippen molar-refractivity contribution in [2.45, 2.75) is 43.1 Å². The summed E-state index contributed by atoms with van der Waals surface area (Å²) in [4.78, 5) is 8.92. The molecule has 2 N–H and O–H groups in total. The Kier molecular flexibility index (Phi) is 7.07. The van der Waals surface area contributed by atoms with Crippen molar-refractivity contribution in [3.05, 3.63) is 57.7 Å². The molecule has 2 atom stereocenters. The van der Waals surface area contributed by atoms with Crippen LogP contribution in [0.2, 0.25) is 5.02 Å². The Morgan fingerprint density at radius 1 is 1.28 bits per heavy atom. The summed E-state index contributed by atoms with van der Waals surface area (Å²) in [6.07, 6.45) is 5.24. The molecule has 0 spiro atoms. The highest BCUT2D eigenvalue weighted by atomic mass is 35.5. The maximum absolute atomic E-state index is 12.0. The van der Waals surface area contributed by atoms with E-state index in [0.717, 1.165) is 59.3 Å². The Labute approximate surface area is 197 Å². The van der Waals surface area contributed by atoms with E-state index in [1.165, 1.54) is 17.6 Å². The minimum atomic E-state index is -3.39. The van der Waals surface area contributed by atoms with Crippen molar-refractivity contribution in [3.8, 4) is 10.7 Å². The average molecular weight is 495 g/mol. The molecule has 1 saturated heterocycles. The summed E-state index contributed by atoms with van der Waals surface area (Å²) in [6.45, 7) is 3.26. The fourth-order valence-corrected chi connectivity index (χ4v) is 6.31. The summed E-state index contributed by atoms with van der Waals surface area (Å²) in [5.41, 5.74) is 2.90. The van der Waals surface area contributed by atoms with E-state index in [9.17, 15) is 13.5 Å². The molecule has 0 amide bonds. The molecular weight excluding hydrogens is 468 g/mol. The van der Waals surface area contributed by atoms with Gasteiger partial charge in [-0.3, -0.25) is 0 Å². The topological polar surface area (TPSA) is 92.3 Å².